The van der Waals surface area contributed by atoms with Crippen molar-refractivity contribution in [3.8, 4) is 0 Å². The normalized spacial score (nSPS) is 46.8. The van der Waals surface area contributed by atoms with E-state index in [9.17, 15) is 14.6 Å². The summed E-state index contributed by atoms with van der Waals surface area (Å²) in [6.45, 7) is 1.63. The molecule has 4 N–H and O–H groups in total. The van der Waals surface area contributed by atoms with Gasteiger partial charge in [-0.05, 0) is 25.3 Å². The number of β-amino-alcohol motifs (C(OH)–C–C–N with tert-alkyl or cyclic N) is 2. The van der Waals surface area contributed by atoms with Gasteiger partial charge in [-0.25, -0.2) is 4.39 Å². The van der Waals surface area contributed by atoms with Gasteiger partial charge in [-0.15, -0.1) is 0 Å². The summed E-state index contributed by atoms with van der Waals surface area (Å²) in [5, 5.41) is 19.3. The number of hydrogen-bond donors (Lipinski definition) is 3. The molecule has 2 rings (SSSR count). The molecule has 5 heteroatoms. The van der Waals surface area contributed by atoms with Crippen LogP contribution >= 0.6 is 0 Å². The fraction of sp³-hybridized carbons (Fsp3) is 1.00. The summed E-state index contributed by atoms with van der Waals surface area (Å²) in [6, 6.07) is 0. The Balaban J connectivity index is 1.79. The van der Waals surface area contributed by atoms with Crippen LogP contribution in [0.4, 0.5) is 4.39 Å². The van der Waals surface area contributed by atoms with Crippen LogP contribution in [-0.4, -0.2) is 59.2 Å². The largest absolute Gasteiger partial charge is 0.389 e. The van der Waals surface area contributed by atoms with Crippen molar-refractivity contribution in [1.82, 2.24) is 4.90 Å². The molecule has 0 unspecified atom stereocenters. The molecule has 0 amide bonds. The summed E-state index contributed by atoms with van der Waals surface area (Å²) in [5.74, 6) is 0.406. The molecule has 2 aliphatic rings. The quantitative estimate of drug-likeness (QED) is 0.574. The summed E-state index contributed by atoms with van der Waals surface area (Å²) in [7, 11) is 0. The van der Waals surface area contributed by atoms with E-state index in [1.807, 2.05) is 0 Å². The second kappa shape index (κ2) is 3.97. The van der Waals surface area contributed by atoms with Gasteiger partial charge in [-0.2, -0.15) is 0 Å². The first kappa shape index (κ1) is 11.3. The van der Waals surface area contributed by atoms with E-state index in [2.05, 4.69) is 0 Å². The predicted molar refractivity (Wildman–Crippen MR) is 54.1 cm³/mol. The highest BCUT2D eigenvalue weighted by atomic mass is 19.1. The Hall–Kier alpha value is -0.230. The number of nitrogens with two attached hydrogens (primary N) is 1. The molecular weight excluding hydrogens is 199 g/mol. The zero-order valence-corrected chi connectivity index (χ0v) is 8.77. The second-order valence-electron chi connectivity index (χ2n) is 5.01. The van der Waals surface area contributed by atoms with Crippen molar-refractivity contribution in [3.63, 3.8) is 0 Å². The molecule has 1 aliphatic carbocycles. The fourth-order valence-corrected chi connectivity index (χ4v) is 2.68. The highest BCUT2D eigenvalue weighted by molar-refractivity contribution is 4.98. The highest BCUT2D eigenvalue weighted by Crippen LogP contribution is 2.38. The van der Waals surface area contributed by atoms with Gasteiger partial charge in [0.05, 0.1) is 11.7 Å². The second-order valence-corrected chi connectivity index (χ2v) is 5.01. The first-order valence-electron chi connectivity index (χ1n) is 5.49. The molecule has 1 heterocycles. The Morgan fingerprint density at radius 3 is 2.53 bits per heavy atom. The number of nitrogens with zero attached hydrogens (tertiary/aromatic N) is 1. The fourth-order valence-electron chi connectivity index (χ4n) is 2.68. The first-order valence-corrected chi connectivity index (χ1v) is 5.49. The Kier molecular flexibility index (Phi) is 2.98. The molecule has 0 aromatic rings. The van der Waals surface area contributed by atoms with Crippen molar-refractivity contribution >= 4 is 0 Å². The maximum absolute atomic E-state index is 13.0. The summed E-state index contributed by atoms with van der Waals surface area (Å²) < 4.78 is 13.0. The van der Waals surface area contributed by atoms with Gasteiger partial charge in [-0.3, -0.25) is 4.90 Å². The molecule has 0 bridgehead atoms. The van der Waals surface area contributed by atoms with Gasteiger partial charge in [0.1, 0.15) is 6.17 Å². The number of aliphatic hydroxyl groups excluding tert-OH is 1. The molecule has 0 spiro atoms. The van der Waals surface area contributed by atoms with E-state index in [-0.39, 0.29) is 6.54 Å². The van der Waals surface area contributed by atoms with Crippen LogP contribution in [0, 0.1) is 5.92 Å². The Bertz CT molecular complexity index is 223. The molecule has 0 aromatic carbocycles. The van der Waals surface area contributed by atoms with Gasteiger partial charge in [0, 0.05) is 19.6 Å². The van der Waals surface area contributed by atoms with Crippen molar-refractivity contribution in [1.29, 1.82) is 0 Å². The lowest BCUT2D eigenvalue weighted by atomic mass is 9.70. The molecule has 0 radical (unpaired) electrons. The van der Waals surface area contributed by atoms with E-state index in [0.717, 1.165) is 0 Å². The summed E-state index contributed by atoms with van der Waals surface area (Å²) >= 11 is 0. The van der Waals surface area contributed by atoms with Crippen LogP contribution in [0.5, 0.6) is 0 Å². The number of likely N-dealkylation sites (tertiary alicyclic amines) is 1. The molecule has 4 nitrogen and oxygen atoms in total. The van der Waals surface area contributed by atoms with Crippen LogP contribution in [0.25, 0.3) is 0 Å². The third-order valence-electron chi connectivity index (χ3n) is 3.48. The summed E-state index contributed by atoms with van der Waals surface area (Å²) in [5.41, 5.74) is 4.78. The first-order chi connectivity index (χ1) is 7.02. The lowest BCUT2D eigenvalue weighted by molar-refractivity contribution is -0.0887. The van der Waals surface area contributed by atoms with Gasteiger partial charge >= 0.3 is 0 Å². The molecule has 1 saturated heterocycles. The molecular formula is C10H19FN2O2. The maximum Gasteiger partial charge on any atom is 0.140 e. The van der Waals surface area contributed by atoms with E-state index in [1.165, 1.54) is 0 Å². The van der Waals surface area contributed by atoms with Crippen molar-refractivity contribution in [2.45, 2.75) is 30.7 Å². The van der Waals surface area contributed by atoms with Crippen LogP contribution in [0.3, 0.4) is 0 Å². The third kappa shape index (κ3) is 2.30. The predicted octanol–water partition coefficient (Wildman–Crippen LogP) is -0.899. The summed E-state index contributed by atoms with van der Waals surface area (Å²) in [4.78, 5) is 1.79. The van der Waals surface area contributed by atoms with Crippen molar-refractivity contribution in [2.24, 2.45) is 11.7 Å². The number of aliphatic hydroxyl groups is 2. The van der Waals surface area contributed by atoms with E-state index in [0.29, 0.717) is 38.4 Å². The average Bonchev–Trinajstić information content (AvgIpc) is 2.41. The van der Waals surface area contributed by atoms with Gasteiger partial charge in [-0.1, -0.05) is 0 Å². The molecule has 1 aliphatic heterocycles. The van der Waals surface area contributed by atoms with Gasteiger partial charge < -0.3 is 15.9 Å². The third-order valence-corrected chi connectivity index (χ3v) is 3.48. The minimum absolute atomic E-state index is 0.233. The number of alkyl halides is 1. The smallest absolute Gasteiger partial charge is 0.140 e. The standard InChI is InChI=1S/C10H19FN2O2/c11-8-4-13(5-9(8)14)6-10(15)1-7(2-10)3-12/h7-9,14-15H,1-6,12H2/t7?,8-,9-,10?/m1/s1. The Morgan fingerprint density at radius 1 is 1.40 bits per heavy atom. The van der Waals surface area contributed by atoms with Gasteiger partial charge in [0.2, 0.25) is 0 Å². The van der Waals surface area contributed by atoms with Crippen LogP contribution in [0.1, 0.15) is 12.8 Å². The van der Waals surface area contributed by atoms with Gasteiger partial charge in [0.25, 0.3) is 0 Å². The average molecular weight is 218 g/mol. The zero-order valence-electron chi connectivity index (χ0n) is 8.77. The van der Waals surface area contributed by atoms with Crippen LogP contribution in [-0.2, 0) is 0 Å². The maximum atomic E-state index is 13.0. The molecule has 1 saturated carbocycles. The summed E-state index contributed by atoms with van der Waals surface area (Å²) in [6.07, 6.45) is -0.655. The van der Waals surface area contributed by atoms with Gasteiger partial charge in [0.15, 0.2) is 0 Å². The number of rotatable bonds is 3. The van der Waals surface area contributed by atoms with Crippen LogP contribution in [0.15, 0.2) is 0 Å². The van der Waals surface area contributed by atoms with E-state index >= 15 is 0 Å². The molecule has 2 atom stereocenters. The molecule has 88 valence electrons. The SMILES string of the molecule is NCC1CC(O)(CN2C[C@@H](O)[C@H](F)C2)C1. The molecule has 2 fully saturated rings. The molecule has 15 heavy (non-hydrogen) atoms. The van der Waals surface area contributed by atoms with E-state index < -0.39 is 17.9 Å². The number of hydrogen-bond acceptors (Lipinski definition) is 4. The lowest BCUT2D eigenvalue weighted by Crippen LogP contribution is -2.53. The van der Waals surface area contributed by atoms with Crippen molar-refractivity contribution < 1.29 is 14.6 Å². The van der Waals surface area contributed by atoms with Crippen molar-refractivity contribution in [2.75, 3.05) is 26.2 Å². The minimum Gasteiger partial charge on any atom is -0.389 e. The van der Waals surface area contributed by atoms with Crippen molar-refractivity contribution in [3.05, 3.63) is 0 Å². The zero-order chi connectivity index (χ0) is 11.1. The minimum atomic E-state index is -1.17. The lowest BCUT2D eigenvalue weighted by Gasteiger charge is -2.45. The highest BCUT2D eigenvalue weighted by Gasteiger charge is 2.44. The van der Waals surface area contributed by atoms with Crippen LogP contribution < -0.4 is 5.73 Å². The monoisotopic (exact) mass is 218 g/mol. The Morgan fingerprint density at radius 2 is 2.07 bits per heavy atom. The van der Waals surface area contributed by atoms with E-state index in [1.54, 1.807) is 4.90 Å². The topological polar surface area (TPSA) is 69.7 Å². The number of halogens is 1. The van der Waals surface area contributed by atoms with E-state index in [4.69, 9.17) is 5.73 Å². The molecule has 0 aromatic heterocycles. The Labute approximate surface area is 88.9 Å². The van der Waals surface area contributed by atoms with Crippen LogP contribution in [0.2, 0.25) is 0 Å².